The summed E-state index contributed by atoms with van der Waals surface area (Å²) in [5.74, 6) is -0.348. The van der Waals surface area contributed by atoms with E-state index in [1.54, 1.807) is 38.2 Å². The zero-order chi connectivity index (χ0) is 21.3. The average molecular weight is 433 g/mol. The Kier molecular flexibility index (Phi) is 6.16. The van der Waals surface area contributed by atoms with E-state index in [0.29, 0.717) is 31.7 Å². The maximum atomic E-state index is 12.6. The van der Waals surface area contributed by atoms with Crippen LogP contribution in [0.2, 0.25) is 5.02 Å². The van der Waals surface area contributed by atoms with Gasteiger partial charge in [0.25, 0.3) is 11.5 Å². The Balaban J connectivity index is 1.81. The zero-order valence-electron chi connectivity index (χ0n) is 16.5. The average Bonchev–Trinajstić information content (AvgIpc) is 3.06. The van der Waals surface area contributed by atoms with Crippen molar-refractivity contribution in [1.82, 2.24) is 20.1 Å². The fraction of sp³-hybridized carbons (Fsp3) is 0.300. The molecule has 0 saturated carbocycles. The molecule has 0 aliphatic heterocycles. The zero-order valence-corrected chi connectivity index (χ0v) is 18.1. The number of rotatable bonds is 5. The molecule has 2 aromatic heterocycles. The first-order valence-corrected chi connectivity index (χ1v) is 10.1. The number of benzene rings is 1. The maximum absolute atomic E-state index is 12.6. The largest absolute Gasteiger partial charge is 0.387 e. The Morgan fingerprint density at radius 2 is 1.90 bits per heavy atom. The molecule has 0 saturated heterocycles. The summed E-state index contributed by atoms with van der Waals surface area (Å²) in [6.07, 6.45) is -0.860. The highest BCUT2D eigenvalue weighted by molar-refractivity contribution is 7.17. The summed E-state index contributed by atoms with van der Waals surface area (Å²) in [6, 6.07) is 6.78. The van der Waals surface area contributed by atoms with Crippen molar-refractivity contribution < 1.29 is 9.90 Å². The minimum absolute atomic E-state index is 0.0439. The van der Waals surface area contributed by atoms with Crippen molar-refractivity contribution in [2.45, 2.75) is 26.9 Å². The van der Waals surface area contributed by atoms with Crippen LogP contribution < -0.4 is 10.9 Å². The molecule has 9 heteroatoms. The molecule has 0 spiro atoms. The van der Waals surface area contributed by atoms with Crippen molar-refractivity contribution in [3.8, 4) is 10.6 Å². The normalized spacial score (nSPS) is 12.1. The van der Waals surface area contributed by atoms with Crippen LogP contribution >= 0.6 is 22.9 Å². The number of carbonyl (C=O) groups excluding carboxylic acids is 1. The summed E-state index contributed by atoms with van der Waals surface area (Å²) in [6.45, 7) is 5.41. The summed E-state index contributed by atoms with van der Waals surface area (Å²) >= 11 is 7.00. The Hall–Kier alpha value is -2.55. The number of hydrogen-bond acceptors (Lipinski definition) is 6. The van der Waals surface area contributed by atoms with E-state index in [1.807, 2.05) is 13.8 Å². The van der Waals surface area contributed by atoms with Crippen molar-refractivity contribution in [3.05, 3.63) is 67.0 Å². The maximum Gasteiger partial charge on any atom is 0.277 e. The number of carbonyl (C=O) groups is 1. The van der Waals surface area contributed by atoms with Gasteiger partial charge in [0.05, 0.1) is 23.1 Å². The SMILES string of the molecule is Cc1nc(-c2c(C)c(C)nn(C)c2=O)sc1C(=O)NCC(O)c1ccc(Cl)cc1. The lowest BCUT2D eigenvalue weighted by Crippen LogP contribution is -2.28. The molecule has 0 aliphatic carbocycles. The highest BCUT2D eigenvalue weighted by Gasteiger charge is 2.21. The lowest BCUT2D eigenvalue weighted by Gasteiger charge is -2.12. The third-order valence-corrected chi connectivity index (χ3v) is 6.08. The van der Waals surface area contributed by atoms with Crippen LogP contribution in [-0.4, -0.2) is 32.3 Å². The quantitative estimate of drug-likeness (QED) is 0.646. The fourth-order valence-electron chi connectivity index (χ4n) is 2.89. The van der Waals surface area contributed by atoms with E-state index in [2.05, 4.69) is 15.4 Å². The molecule has 0 bridgehead atoms. The Morgan fingerprint density at radius 1 is 1.24 bits per heavy atom. The molecular formula is C20H21ClN4O3S. The van der Waals surface area contributed by atoms with Gasteiger partial charge in [-0.1, -0.05) is 23.7 Å². The van der Waals surface area contributed by atoms with Gasteiger partial charge in [-0.3, -0.25) is 9.59 Å². The summed E-state index contributed by atoms with van der Waals surface area (Å²) in [4.78, 5) is 30.0. The highest BCUT2D eigenvalue weighted by atomic mass is 35.5. The first-order valence-electron chi connectivity index (χ1n) is 8.93. The van der Waals surface area contributed by atoms with Gasteiger partial charge in [-0.2, -0.15) is 5.10 Å². The van der Waals surface area contributed by atoms with Crippen LogP contribution in [-0.2, 0) is 7.05 Å². The van der Waals surface area contributed by atoms with Gasteiger partial charge in [-0.15, -0.1) is 11.3 Å². The van der Waals surface area contributed by atoms with Crippen LogP contribution in [0.1, 0.15) is 38.3 Å². The molecule has 1 aromatic carbocycles. The molecule has 1 unspecified atom stereocenters. The smallest absolute Gasteiger partial charge is 0.277 e. The third-order valence-electron chi connectivity index (χ3n) is 4.65. The standard InChI is InChI=1S/C20H21ClN4O3S/c1-10-11(2)24-25(4)20(28)16(10)19-23-12(3)17(29-19)18(27)22-9-15(26)13-5-7-14(21)8-6-13/h5-8,15,26H,9H2,1-4H3,(H,22,27). The van der Waals surface area contributed by atoms with Gasteiger partial charge in [-0.05, 0) is 44.0 Å². The van der Waals surface area contributed by atoms with Gasteiger partial charge in [0, 0.05) is 18.6 Å². The number of aliphatic hydroxyl groups is 1. The van der Waals surface area contributed by atoms with E-state index >= 15 is 0 Å². The predicted octanol–water partition coefficient (Wildman–Crippen LogP) is 2.95. The van der Waals surface area contributed by atoms with Crippen LogP contribution in [0.15, 0.2) is 29.1 Å². The van der Waals surface area contributed by atoms with Crippen molar-refractivity contribution >= 4 is 28.8 Å². The van der Waals surface area contributed by atoms with Crippen LogP contribution in [0, 0.1) is 20.8 Å². The van der Waals surface area contributed by atoms with E-state index in [9.17, 15) is 14.7 Å². The number of halogens is 1. The van der Waals surface area contributed by atoms with E-state index in [4.69, 9.17) is 11.6 Å². The van der Waals surface area contributed by atoms with E-state index in [1.165, 1.54) is 4.68 Å². The number of aryl methyl sites for hydroxylation is 3. The van der Waals surface area contributed by atoms with Gasteiger partial charge in [-0.25, -0.2) is 9.67 Å². The lowest BCUT2D eigenvalue weighted by atomic mass is 10.1. The van der Waals surface area contributed by atoms with Gasteiger partial charge in [0.1, 0.15) is 9.88 Å². The topological polar surface area (TPSA) is 97.1 Å². The molecule has 29 heavy (non-hydrogen) atoms. The van der Waals surface area contributed by atoms with Crippen LogP contribution in [0.5, 0.6) is 0 Å². The molecule has 1 amide bonds. The molecule has 152 valence electrons. The van der Waals surface area contributed by atoms with Gasteiger partial charge < -0.3 is 10.4 Å². The van der Waals surface area contributed by atoms with Crippen LogP contribution in [0.25, 0.3) is 10.6 Å². The van der Waals surface area contributed by atoms with Gasteiger partial charge in [0.2, 0.25) is 0 Å². The van der Waals surface area contributed by atoms with Crippen molar-refractivity contribution in [2.24, 2.45) is 7.05 Å². The number of amides is 1. The van der Waals surface area contributed by atoms with Crippen molar-refractivity contribution in [3.63, 3.8) is 0 Å². The van der Waals surface area contributed by atoms with Gasteiger partial charge >= 0.3 is 0 Å². The molecule has 1 atom stereocenters. The predicted molar refractivity (Wildman–Crippen MR) is 114 cm³/mol. The second-order valence-electron chi connectivity index (χ2n) is 6.73. The van der Waals surface area contributed by atoms with Gasteiger partial charge in [0.15, 0.2) is 0 Å². The Morgan fingerprint density at radius 3 is 2.55 bits per heavy atom. The molecule has 7 nitrogen and oxygen atoms in total. The number of hydrogen-bond donors (Lipinski definition) is 2. The van der Waals surface area contributed by atoms with Crippen LogP contribution in [0.4, 0.5) is 0 Å². The van der Waals surface area contributed by atoms with Crippen molar-refractivity contribution in [1.29, 1.82) is 0 Å². The van der Waals surface area contributed by atoms with Crippen molar-refractivity contribution in [2.75, 3.05) is 6.54 Å². The second-order valence-corrected chi connectivity index (χ2v) is 8.16. The number of nitrogens with one attached hydrogen (secondary N) is 1. The fourth-order valence-corrected chi connectivity index (χ4v) is 4.09. The summed E-state index contributed by atoms with van der Waals surface area (Å²) in [5.41, 5.74) is 2.85. The second kappa shape index (κ2) is 8.44. The molecule has 3 rings (SSSR count). The Labute approximate surface area is 177 Å². The molecule has 0 aliphatic rings. The molecule has 0 fully saturated rings. The minimum atomic E-state index is -0.860. The molecule has 3 aromatic rings. The first kappa shape index (κ1) is 21.2. The molecule has 0 radical (unpaired) electrons. The lowest BCUT2D eigenvalue weighted by molar-refractivity contribution is 0.0919. The summed E-state index contributed by atoms with van der Waals surface area (Å²) in [5, 5.41) is 18.2. The minimum Gasteiger partial charge on any atom is -0.387 e. The Bertz CT molecular complexity index is 1120. The number of thiazole rings is 1. The number of nitrogens with zero attached hydrogens (tertiary/aromatic N) is 3. The molecule has 2 N–H and O–H groups in total. The number of aromatic nitrogens is 3. The molecule has 2 heterocycles. The van der Waals surface area contributed by atoms with E-state index < -0.39 is 6.10 Å². The van der Waals surface area contributed by atoms with E-state index in [-0.39, 0.29) is 18.0 Å². The van der Waals surface area contributed by atoms with Crippen LogP contribution in [0.3, 0.4) is 0 Å². The molecular weight excluding hydrogens is 412 g/mol. The summed E-state index contributed by atoms with van der Waals surface area (Å²) in [7, 11) is 1.59. The van der Waals surface area contributed by atoms with E-state index in [0.717, 1.165) is 22.6 Å². The first-order chi connectivity index (χ1) is 13.7. The highest BCUT2D eigenvalue weighted by Crippen LogP contribution is 2.28. The number of aliphatic hydroxyl groups excluding tert-OH is 1. The third kappa shape index (κ3) is 4.39. The summed E-state index contributed by atoms with van der Waals surface area (Å²) < 4.78 is 1.27. The monoisotopic (exact) mass is 432 g/mol.